The molecule has 3 aromatic rings. The Morgan fingerprint density at radius 2 is 1.71 bits per heavy atom. The zero-order chi connectivity index (χ0) is 21.3. The van der Waals surface area contributed by atoms with Crippen LogP contribution in [0.15, 0.2) is 73.1 Å². The van der Waals surface area contributed by atoms with E-state index in [0.29, 0.717) is 13.0 Å². The molecule has 0 aliphatic carbocycles. The maximum absolute atomic E-state index is 13.4. The largest absolute Gasteiger partial charge is 0.325 e. The molecule has 158 valence electrons. The summed E-state index contributed by atoms with van der Waals surface area (Å²) in [5.41, 5.74) is 2.24. The quantitative estimate of drug-likeness (QED) is 0.651. The number of aromatic nitrogens is 2. The van der Waals surface area contributed by atoms with E-state index in [-0.39, 0.29) is 18.5 Å². The van der Waals surface area contributed by atoms with Crippen molar-refractivity contribution in [3.63, 3.8) is 0 Å². The number of urea groups is 1. The van der Waals surface area contributed by atoms with Crippen molar-refractivity contribution in [2.75, 3.05) is 13.1 Å². The first-order chi connectivity index (χ1) is 15.1. The van der Waals surface area contributed by atoms with Crippen LogP contribution in [0.3, 0.4) is 0 Å². The van der Waals surface area contributed by atoms with Crippen molar-refractivity contribution in [2.45, 2.75) is 31.5 Å². The molecular formula is C24H25N5O2. The summed E-state index contributed by atoms with van der Waals surface area (Å²) in [7, 11) is 0. The summed E-state index contributed by atoms with van der Waals surface area (Å²) >= 11 is 0. The van der Waals surface area contributed by atoms with Crippen molar-refractivity contribution in [3.8, 4) is 5.69 Å². The van der Waals surface area contributed by atoms with E-state index in [1.165, 1.54) is 10.5 Å². The molecule has 2 aromatic carbocycles. The van der Waals surface area contributed by atoms with E-state index >= 15 is 0 Å². The van der Waals surface area contributed by atoms with Gasteiger partial charge in [0.25, 0.3) is 5.91 Å². The molecule has 7 heteroatoms. The number of hydrogen-bond donors (Lipinski definition) is 1. The molecule has 3 amide bonds. The van der Waals surface area contributed by atoms with Gasteiger partial charge in [-0.1, -0.05) is 42.5 Å². The zero-order valence-electron chi connectivity index (χ0n) is 17.3. The summed E-state index contributed by atoms with van der Waals surface area (Å²) < 4.78 is 1.77. The number of carbonyl (C=O) groups is 2. The van der Waals surface area contributed by atoms with Gasteiger partial charge in [-0.15, -0.1) is 0 Å². The van der Waals surface area contributed by atoms with Crippen LogP contribution in [-0.2, 0) is 17.9 Å². The lowest BCUT2D eigenvalue weighted by atomic mass is 9.88. The number of nitrogens with one attached hydrogen (secondary N) is 1. The first-order valence-corrected chi connectivity index (χ1v) is 10.6. The van der Waals surface area contributed by atoms with E-state index in [0.717, 1.165) is 30.8 Å². The fourth-order valence-electron chi connectivity index (χ4n) is 4.58. The fourth-order valence-corrected chi connectivity index (χ4v) is 4.58. The minimum Gasteiger partial charge on any atom is -0.322 e. The Labute approximate surface area is 181 Å². The summed E-state index contributed by atoms with van der Waals surface area (Å²) in [6.07, 6.45) is 5.16. The number of hydrogen-bond acceptors (Lipinski definition) is 4. The monoisotopic (exact) mass is 415 g/mol. The van der Waals surface area contributed by atoms with Crippen LogP contribution in [0.5, 0.6) is 0 Å². The average Bonchev–Trinajstić information content (AvgIpc) is 3.39. The third-order valence-corrected chi connectivity index (χ3v) is 6.11. The molecule has 1 aromatic heterocycles. The van der Waals surface area contributed by atoms with Crippen molar-refractivity contribution < 1.29 is 9.59 Å². The Bertz CT molecular complexity index is 1070. The molecule has 2 saturated heterocycles. The van der Waals surface area contributed by atoms with Gasteiger partial charge in [0.2, 0.25) is 0 Å². The number of rotatable bonds is 5. The van der Waals surface area contributed by atoms with E-state index in [1.807, 2.05) is 54.7 Å². The van der Waals surface area contributed by atoms with Crippen LogP contribution in [0.25, 0.3) is 5.69 Å². The zero-order valence-corrected chi connectivity index (χ0v) is 17.3. The first kappa shape index (κ1) is 19.5. The SMILES string of the molecule is O=C1NC2(CCCN(Cc3ccccc3)C2)C(=O)N1Cc1ccc(-n2cccn2)cc1. The van der Waals surface area contributed by atoms with Crippen LogP contribution in [0.4, 0.5) is 4.79 Å². The Kier molecular flexibility index (Phi) is 5.03. The second kappa shape index (κ2) is 8.00. The van der Waals surface area contributed by atoms with Gasteiger partial charge >= 0.3 is 6.03 Å². The van der Waals surface area contributed by atoms with E-state index in [1.54, 1.807) is 10.9 Å². The van der Waals surface area contributed by atoms with Gasteiger partial charge in [-0.25, -0.2) is 9.48 Å². The van der Waals surface area contributed by atoms with Gasteiger partial charge in [0.1, 0.15) is 5.54 Å². The Morgan fingerprint density at radius 3 is 2.45 bits per heavy atom. The van der Waals surface area contributed by atoms with Crippen molar-refractivity contribution in [2.24, 2.45) is 0 Å². The summed E-state index contributed by atoms with van der Waals surface area (Å²) in [6.45, 7) is 2.51. The smallest absolute Gasteiger partial charge is 0.322 e. The Hall–Kier alpha value is -3.45. The molecule has 1 atom stereocenters. The highest BCUT2D eigenvalue weighted by Gasteiger charge is 2.52. The maximum Gasteiger partial charge on any atom is 0.325 e. The van der Waals surface area contributed by atoms with E-state index in [9.17, 15) is 9.59 Å². The van der Waals surface area contributed by atoms with Crippen molar-refractivity contribution in [3.05, 3.63) is 84.2 Å². The number of nitrogens with zero attached hydrogens (tertiary/aromatic N) is 4. The average molecular weight is 415 g/mol. The number of amides is 3. The number of piperidine rings is 1. The minimum absolute atomic E-state index is 0.119. The standard InChI is InChI=1S/C24H25N5O2/c30-22-24(12-4-14-27(18-24)16-19-6-2-1-3-7-19)26-23(31)28(22)17-20-8-10-21(11-9-20)29-15-5-13-25-29/h1-3,5-11,13,15H,4,12,14,16-18H2,(H,26,31). The Morgan fingerprint density at radius 1 is 0.935 bits per heavy atom. The highest BCUT2D eigenvalue weighted by atomic mass is 16.2. The molecule has 5 rings (SSSR count). The van der Waals surface area contributed by atoms with Crippen LogP contribution in [0.1, 0.15) is 24.0 Å². The van der Waals surface area contributed by atoms with Crippen LogP contribution < -0.4 is 5.32 Å². The van der Waals surface area contributed by atoms with Crippen LogP contribution in [0.2, 0.25) is 0 Å². The number of imide groups is 1. The van der Waals surface area contributed by atoms with E-state index < -0.39 is 5.54 Å². The predicted octanol–water partition coefficient (Wildman–Crippen LogP) is 2.96. The molecule has 3 heterocycles. The highest BCUT2D eigenvalue weighted by Crippen LogP contribution is 2.30. The highest BCUT2D eigenvalue weighted by molar-refractivity contribution is 6.07. The van der Waals surface area contributed by atoms with Gasteiger partial charge in [0.15, 0.2) is 0 Å². The van der Waals surface area contributed by atoms with E-state index in [4.69, 9.17) is 0 Å². The molecule has 2 aliphatic heterocycles. The van der Waals surface area contributed by atoms with Gasteiger partial charge in [-0.05, 0) is 48.7 Å². The number of benzene rings is 2. The van der Waals surface area contributed by atoms with Gasteiger partial charge in [0.05, 0.1) is 12.2 Å². The normalized spacial score (nSPS) is 21.6. The fraction of sp³-hybridized carbons (Fsp3) is 0.292. The van der Waals surface area contributed by atoms with Crippen LogP contribution in [-0.4, -0.2) is 50.1 Å². The molecule has 1 N–H and O–H groups in total. The molecule has 31 heavy (non-hydrogen) atoms. The summed E-state index contributed by atoms with van der Waals surface area (Å²) in [5, 5.41) is 7.24. The molecule has 2 fully saturated rings. The molecule has 7 nitrogen and oxygen atoms in total. The second-order valence-corrected chi connectivity index (χ2v) is 8.32. The van der Waals surface area contributed by atoms with Gasteiger partial charge in [-0.3, -0.25) is 14.6 Å². The lowest BCUT2D eigenvalue weighted by molar-refractivity contribution is -0.133. The van der Waals surface area contributed by atoms with Crippen molar-refractivity contribution in [1.82, 2.24) is 24.9 Å². The van der Waals surface area contributed by atoms with Crippen LogP contribution >= 0.6 is 0 Å². The maximum atomic E-state index is 13.4. The summed E-state index contributed by atoms with van der Waals surface area (Å²) in [6, 6.07) is 19.6. The molecule has 1 unspecified atom stereocenters. The minimum atomic E-state index is -0.820. The topological polar surface area (TPSA) is 70.5 Å². The predicted molar refractivity (Wildman–Crippen MR) is 116 cm³/mol. The Balaban J connectivity index is 1.28. The second-order valence-electron chi connectivity index (χ2n) is 8.32. The van der Waals surface area contributed by atoms with Gasteiger partial charge in [0, 0.05) is 25.5 Å². The molecule has 2 aliphatic rings. The first-order valence-electron chi connectivity index (χ1n) is 10.6. The van der Waals surface area contributed by atoms with Gasteiger partial charge in [-0.2, -0.15) is 5.10 Å². The number of carbonyl (C=O) groups excluding carboxylic acids is 2. The summed E-state index contributed by atoms with van der Waals surface area (Å²) in [5.74, 6) is -0.119. The van der Waals surface area contributed by atoms with E-state index in [2.05, 4.69) is 27.4 Å². The van der Waals surface area contributed by atoms with Crippen molar-refractivity contribution >= 4 is 11.9 Å². The summed E-state index contributed by atoms with van der Waals surface area (Å²) in [4.78, 5) is 29.7. The number of likely N-dealkylation sites (tertiary alicyclic amines) is 1. The molecule has 0 saturated carbocycles. The van der Waals surface area contributed by atoms with Crippen LogP contribution in [0, 0.1) is 0 Å². The lowest BCUT2D eigenvalue weighted by Crippen LogP contribution is -2.58. The molecule has 1 spiro atoms. The van der Waals surface area contributed by atoms with Crippen molar-refractivity contribution in [1.29, 1.82) is 0 Å². The third-order valence-electron chi connectivity index (χ3n) is 6.11. The molecule has 0 bridgehead atoms. The third kappa shape index (κ3) is 3.84. The molecule has 0 radical (unpaired) electrons. The van der Waals surface area contributed by atoms with Gasteiger partial charge < -0.3 is 5.32 Å². The molecular weight excluding hydrogens is 390 g/mol. The lowest BCUT2D eigenvalue weighted by Gasteiger charge is -2.38.